The molecule has 0 amide bonds. The highest BCUT2D eigenvalue weighted by molar-refractivity contribution is 6.19. The molecule has 0 saturated heterocycles. The summed E-state index contributed by atoms with van der Waals surface area (Å²) in [4.78, 5) is 25.6. The molecule has 0 radical (unpaired) electrons. The van der Waals surface area contributed by atoms with Gasteiger partial charge in [-0.1, -0.05) is 60.7 Å². The SMILES string of the molecule is COC(=O)c1ccccc1-n1c2ccccc2c2cc3c(cc21)c1ccccc1n3-c1ccccc1C(=O)OC. The summed E-state index contributed by atoms with van der Waals surface area (Å²) in [5.41, 5.74) is 6.37. The van der Waals surface area contributed by atoms with Crippen LogP contribution in [0.1, 0.15) is 20.7 Å². The predicted molar refractivity (Wildman–Crippen MR) is 158 cm³/mol. The molecule has 0 atom stereocenters. The van der Waals surface area contributed by atoms with Gasteiger partial charge in [-0.15, -0.1) is 0 Å². The second kappa shape index (κ2) is 9.13. The molecule has 0 aliphatic heterocycles. The Morgan fingerprint density at radius 3 is 1.27 bits per heavy atom. The summed E-state index contributed by atoms with van der Waals surface area (Å²) >= 11 is 0. The number of fused-ring (bicyclic) bond motifs is 6. The maximum Gasteiger partial charge on any atom is 0.339 e. The van der Waals surface area contributed by atoms with Crippen LogP contribution in [0.4, 0.5) is 0 Å². The highest BCUT2D eigenvalue weighted by atomic mass is 16.5. The van der Waals surface area contributed by atoms with E-state index in [0.717, 1.165) is 55.0 Å². The monoisotopic (exact) mass is 524 g/mol. The first-order valence-corrected chi connectivity index (χ1v) is 12.9. The molecule has 2 aromatic heterocycles. The Morgan fingerprint density at radius 2 is 0.850 bits per heavy atom. The lowest BCUT2D eigenvalue weighted by molar-refractivity contribution is 0.0592. The zero-order chi connectivity index (χ0) is 27.4. The molecular weight excluding hydrogens is 500 g/mol. The van der Waals surface area contributed by atoms with Crippen LogP contribution in [0.2, 0.25) is 0 Å². The van der Waals surface area contributed by atoms with Crippen molar-refractivity contribution in [1.29, 1.82) is 0 Å². The Morgan fingerprint density at radius 1 is 0.475 bits per heavy atom. The van der Waals surface area contributed by atoms with Gasteiger partial charge in [0.25, 0.3) is 0 Å². The third-order valence-corrected chi connectivity index (χ3v) is 7.57. The molecule has 0 unspecified atom stereocenters. The van der Waals surface area contributed by atoms with E-state index in [1.807, 2.05) is 60.7 Å². The summed E-state index contributed by atoms with van der Waals surface area (Å²) < 4.78 is 14.5. The number of hydrogen-bond acceptors (Lipinski definition) is 4. The molecule has 0 aliphatic rings. The third kappa shape index (κ3) is 3.36. The highest BCUT2D eigenvalue weighted by Gasteiger charge is 2.22. The second-order valence-electron chi connectivity index (χ2n) is 9.61. The number of ether oxygens (including phenoxy) is 2. The van der Waals surface area contributed by atoms with E-state index >= 15 is 0 Å². The Balaban J connectivity index is 1.65. The minimum Gasteiger partial charge on any atom is -0.465 e. The zero-order valence-corrected chi connectivity index (χ0v) is 21.9. The van der Waals surface area contributed by atoms with Gasteiger partial charge in [-0.3, -0.25) is 0 Å². The van der Waals surface area contributed by atoms with Crippen molar-refractivity contribution in [2.75, 3.05) is 14.2 Å². The summed E-state index contributed by atoms with van der Waals surface area (Å²) in [5.74, 6) is -0.780. The number of methoxy groups -OCH3 is 2. The molecule has 0 spiro atoms. The van der Waals surface area contributed by atoms with Gasteiger partial charge < -0.3 is 18.6 Å². The van der Waals surface area contributed by atoms with Crippen LogP contribution in [0.3, 0.4) is 0 Å². The molecule has 7 aromatic rings. The van der Waals surface area contributed by atoms with Gasteiger partial charge in [-0.2, -0.15) is 0 Å². The van der Waals surface area contributed by atoms with Crippen LogP contribution < -0.4 is 0 Å². The summed E-state index contributed by atoms with van der Waals surface area (Å²) in [7, 11) is 2.80. The molecule has 6 heteroatoms. The molecule has 2 heterocycles. The number of rotatable bonds is 4. The first-order valence-electron chi connectivity index (χ1n) is 12.9. The smallest absolute Gasteiger partial charge is 0.339 e. The van der Waals surface area contributed by atoms with Crippen molar-refractivity contribution in [2.24, 2.45) is 0 Å². The van der Waals surface area contributed by atoms with E-state index in [1.165, 1.54) is 14.2 Å². The van der Waals surface area contributed by atoms with Crippen LogP contribution >= 0.6 is 0 Å². The summed E-state index contributed by atoms with van der Waals surface area (Å²) in [5, 5.41) is 4.17. The number of hydrogen-bond donors (Lipinski definition) is 0. The van der Waals surface area contributed by atoms with E-state index in [9.17, 15) is 9.59 Å². The minimum absolute atomic E-state index is 0.390. The first-order chi connectivity index (χ1) is 19.6. The van der Waals surface area contributed by atoms with Crippen LogP contribution in [0.5, 0.6) is 0 Å². The Hall–Kier alpha value is -5.36. The van der Waals surface area contributed by atoms with Crippen molar-refractivity contribution in [3.8, 4) is 11.4 Å². The molecule has 0 saturated carbocycles. The van der Waals surface area contributed by atoms with E-state index < -0.39 is 11.9 Å². The van der Waals surface area contributed by atoms with Crippen molar-refractivity contribution in [3.05, 3.63) is 120 Å². The lowest BCUT2D eigenvalue weighted by atomic mass is 10.1. The highest BCUT2D eigenvalue weighted by Crippen LogP contribution is 2.40. The molecule has 6 nitrogen and oxygen atoms in total. The number of carbonyl (C=O) groups is 2. The predicted octanol–water partition coefficient (Wildman–Crippen LogP) is 7.45. The van der Waals surface area contributed by atoms with Crippen molar-refractivity contribution in [2.45, 2.75) is 0 Å². The summed E-state index contributed by atoms with van der Waals surface area (Å²) in [6, 6.07) is 35.7. The van der Waals surface area contributed by atoms with E-state index in [2.05, 4.69) is 45.5 Å². The molecule has 5 aromatic carbocycles. The van der Waals surface area contributed by atoms with Gasteiger partial charge in [0.15, 0.2) is 0 Å². The van der Waals surface area contributed by atoms with E-state index in [-0.39, 0.29) is 0 Å². The molecule has 40 heavy (non-hydrogen) atoms. The molecule has 0 bridgehead atoms. The van der Waals surface area contributed by atoms with Gasteiger partial charge in [0.2, 0.25) is 0 Å². The minimum atomic E-state index is -0.390. The number of aromatic nitrogens is 2. The van der Waals surface area contributed by atoms with E-state index in [0.29, 0.717) is 11.1 Å². The van der Waals surface area contributed by atoms with Crippen LogP contribution in [0.15, 0.2) is 109 Å². The Kier molecular flexibility index (Phi) is 5.42. The number of esters is 2. The van der Waals surface area contributed by atoms with Gasteiger partial charge in [-0.25, -0.2) is 9.59 Å². The number of benzene rings is 5. The fourth-order valence-corrected chi connectivity index (χ4v) is 5.85. The van der Waals surface area contributed by atoms with E-state index in [4.69, 9.17) is 9.47 Å². The Bertz CT molecular complexity index is 1980. The third-order valence-electron chi connectivity index (χ3n) is 7.57. The van der Waals surface area contributed by atoms with Gasteiger partial charge in [0.1, 0.15) is 0 Å². The first kappa shape index (κ1) is 23.7. The van der Waals surface area contributed by atoms with Gasteiger partial charge in [0.05, 0.1) is 58.8 Å². The molecule has 7 rings (SSSR count). The largest absolute Gasteiger partial charge is 0.465 e. The normalized spacial score (nSPS) is 11.4. The van der Waals surface area contributed by atoms with Crippen molar-refractivity contribution >= 4 is 55.6 Å². The number of nitrogens with zero attached hydrogens (tertiary/aromatic N) is 2. The van der Waals surface area contributed by atoms with Gasteiger partial charge in [-0.05, 0) is 48.5 Å². The average Bonchev–Trinajstić information content (AvgIpc) is 3.51. The lowest BCUT2D eigenvalue weighted by Gasteiger charge is -2.13. The van der Waals surface area contributed by atoms with Gasteiger partial charge in [0, 0.05) is 21.5 Å². The molecule has 194 valence electrons. The topological polar surface area (TPSA) is 62.5 Å². The molecular formula is C34H24N2O4. The second-order valence-corrected chi connectivity index (χ2v) is 9.61. The average molecular weight is 525 g/mol. The standard InChI is InChI=1S/C34H24N2O4/c1-39-33(37)23-13-5-9-17-29(23)35-27-15-7-3-11-21(27)25-20-32-26(19-31(25)35)22-12-4-8-16-28(22)36(32)30-18-10-6-14-24(30)34(38)40-2/h3-20H,1-2H3. The number of carbonyl (C=O) groups excluding carboxylic acids is 2. The van der Waals surface area contributed by atoms with Crippen molar-refractivity contribution in [1.82, 2.24) is 9.13 Å². The Labute approximate surface area is 229 Å². The van der Waals surface area contributed by atoms with Crippen molar-refractivity contribution in [3.63, 3.8) is 0 Å². The molecule has 0 fully saturated rings. The van der Waals surface area contributed by atoms with Crippen molar-refractivity contribution < 1.29 is 19.1 Å². The van der Waals surface area contributed by atoms with Crippen LogP contribution in [-0.4, -0.2) is 35.3 Å². The fourth-order valence-electron chi connectivity index (χ4n) is 5.85. The fraction of sp³-hybridized carbons (Fsp3) is 0.0588. The maximum atomic E-state index is 12.8. The van der Waals surface area contributed by atoms with Crippen LogP contribution in [0.25, 0.3) is 55.0 Å². The maximum absolute atomic E-state index is 12.8. The lowest BCUT2D eigenvalue weighted by Crippen LogP contribution is -2.08. The number of para-hydroxylation sites is 4. The summed E-state index contributed by atoms with van der Waals surface area (Å²) in [6.45, 7) is 0. The van der Waals surface area contributed by atoms with Gasteiger partial charge >= 0.3 is 11.9 Å². The van der Waals surface area contributed by atoms with E-state index in [1.54, 1.807) is 12.1 Å². The summed E-state index contributed by atoms with van der Waals surface area (Å²) in [6.07, 6.45) is 0. The van der Waals surface area contributed by atoms with Crippen LogP contribution in [0, 0.1) is 0 Å². The zero-order valence-electron chi connectivity index (χ0n) is 21.9. The van der Waals surface area contributed by atoms with Crippen LogP contribution in [-0.2, 0) is 9.47 Å². The molecule has 0 N–H and O–H groups in total. The quantitative estimate of drug-likeness (QED) is 0.224. The molecule has 0 aliphatic carbocycles.